The second-order valence-electron chi connectivity index (χ2n) is 4.74. The van der Waals surface area contributed by atoms with Crippen molar-refractivity contribution < 1.29 is 18.3 Å². The number of halogens is 2. The van der Waals surface area contributed by atoms with E-state index in [0.29, 0.717) is 11.1 Å². The van der Waals surface area contributed by atoms with Crippen molar-refractivity contribution in [3.63, 3.8) is 0 Å². The highest BCUT2D eigenvalue weighted by Gasteiger charge is 2.12. The molecule has 0 N–H and O–H groups in total. The molecule has 0 aliphatic rings. The largest absolute Gasteiger partial charge is 0.375 e. The number of ketones is 1. The second-order valence-corrected chi connectivity index (χ2v) is 4.74. The van der Waals surface area contributed by atoms with Crippen molar-refractivity contribution in [1.82, 2.24) is 9.13 Å². The van der Waals surface area contributed by atoms with Crippen LogP contribution in [0.15, 0.2) is 23.0 Å². The van der Waals surface area contributed by atoms with Crippen molar-refractivity contribution in [3.05, 3.63) is 34.2 Å². The number of aromatic nitrogens is 2. The monoisotopic (exact) mass is 298 g/mol. The molecule has 114 valence electrons. The molecule has 0 saturated carbocycles. The Morgan fingerprint density at radius 3 is 2.57 bits per heavy atom. The van der Waals surface area contributed by atoms with Gasteiger partial charge in [-0.2, -0.15) is 0 Å². The summed E-state index contributed by atoms with van der Waals surface area (Å²) in [5.74, 6) is -0.206. The van der Waals surface area contributed by atoms with Crippen LogP contribution in [-0.4, -0.2) is 34.6 Å². The average Bonchev–Trinajstić information content (AvgIpc) is 2.68. The molecule has 21 heavy (non-hydrogen) atoms. The molecule has 2 rings (SSSR count). The Hall–Kier alpha value is -2.02. The highest BCUT2D eigenvalue weighted by Crippen LogP contribution is 2.15. The van der Waals surface area contributed by atoms with E-state index in [1.165, 1.54) is 9.13 Å². The lowest BCUT2D eigenvalue weighted by Crippen LogP contribution is -2.19. The quantitative estimate of drug-likeness (QED) is 0.603. The molecule has 1 aromatic heterocycles. The summed E-state index contributed by atoms with van der Waals surface area (Å²) >= 11 is 0. The van der Waals surface area contributed by atoms with E-state index in [4.69, 9.17) is 4.74 Å². The van der Waals surface area contributed by atoms with Crippen LogP contribution < -0.4 is 5.69 Å². The van der Waals surface area contributed by atoms with Gasteiger partial charge in [-0.1, -0.05) is 0 Å². The number of fused-ring (bicyclic) bond motifs is 1. The molecule has 0 aliphatic carbocycles. The molecule has 0 fully saturated rings. The Morgan fingerprint density at radius 2 is 1.90 bits per heavy atom. The molecule has 0 radical (unpaired) electrons. The van der Waals surface area contributed by atoms with Crippen molar-refractivity contribution >= 4 is 16.8 Å². The summed E-state index contributed by atoms with van der Waals surface area (Å²) in [6.07, 6.45) is -2.51. The highest BCUT2D eigenvalue weighted by atomic mass is 19.3. The molecule has 1 heterocycles. The van der Waals surface area contributed by atoms with Crippen LogP contribution in [0.1, 0.15) is 16.8 Å². The van der Waals surface area contributed by atoms with Gasteiger partial charge in [0.05, 0.1) is 17.6 Å². The fourth-order valence-corrected chi connectivity index (χ4v) is 2.16. The van der Waals surface area contributed by atoms with Crippen LogP contribution in [0.5, 0.6) is 0 Å². The first-order valence-corrected chi connectivity index (χ1v) is 6.46. The first-order valence-electron chi connectivity index (χ1n) is 6.46. The van der Waals surface area contributed by atoms with Gasteiger partial charge in [-0.15, -0.1) is 0 Å². The van der Waals surface area contributed by atoms with Crippen molar-refractivity contribution in [1.29, 1.82) is 0 Å². The number of benzene rings is 1. The smallest absolute Gasteiger partial charge is 0.328 e. The number of carbonyl (C=O) groups is 1. The average molecular weight is 298 g/mol. The number of aryl methyl sites for hydroxylation is 2. The number of nitrogens with zero attached hydrogens (tertiary/aromatic N) is 2. The van der Waals surface area contributed by atoms with Gasteiger partial charge < -0.3 is 4.74 Å². The van der Waals surface area contributed by atoms with Gasteiger partial charge >= 0.3 is 5.69 Å². The van der Waals surface area contributed by atoms with Crippen LogP contribution in [0.3, 0.4) is 0 Å². The van der Waals surface area contributed by atoms with Gasteiger partial charge in [-0.05, 0) is 18.2 Å². The molecule has 0 unspecified atom stereocenters. The van der Waals surface area contributed by atoms with E-state index < -0.39 is 13.0 Å². The molecule has 5 nitrogen and oxygen atoms in total. The number of Topliss-reactive ketones (excluding diaryl/α,β-unsaturated/α-hetero) is 1. The van der Waals surface area contributed by atoms with Crippen molar-refractivity contribution in [2.45, 2.75) is 12.8 Å². The maximum Gasteiger partial charge on any atom is 0.328 e. The third-order valence-electron chi connectivity index (χ3n) is 3.31. The highest BCUT2D eigenvalue weighted by molar-refractivity contribution is 5.99. The zero-order valence-electron chi connectivity index (χ0n) is 11.8. The molecule has 0 spiro atoms. The fourth-order valence-electron chi connectivity index (χ4n) is 2.16. The molecule has 2 aromatic rings. The van der Waals surface area contributed by atoms with Gasteiger partial charge in [0, 0.05) is 26.1 Å². The minimum atomic E-state index is -2.53. The number of carbonyl (C=O) groups excluding carboxylic acids is 1. The summed E-state index contributed by atoms with van der Waals surface area (Å²) in [7, 11) is 3.29. The Morgan fingerprint density at radius 1 is 1.24 bits per heavy atom. The van der Waals surface area contributed by atoms with Crippen LogP contribution in [0.4, 0.5) is 8.78 Å². The number of ether oxygens (including phenoxy) is 1. The van der Waals surface area contributed by atoms with Crippen molar-refractivity contribution in [3.8, 4) is 0 Å². The molecule has 0 atom stereocenters. The maximum absolute atomic E-state index is 12.0. The van der Waals surface area contributed by atoms with Gasteiger partial charge in [-0.25, -0.2) is 13.6 Å². The van der Waals surface area contributed by atoms with Crippen molar-refractivity contribution in [2.75, 3.05) is 13.2 Å². The van der Waals surface area contributed by atoms with Crippen LogP contribution in [-0.2, 0) is 18.8 Å². The van der Waals surface area contributed by atoms with Crippen LogP contribution in [0, 0.1) is 0 Å². The van der Waals surface area contributed by atoms with E-state index >= 15 is 0 Å². The van der Waals surface area contributed by atoms with Gasteiger partial charge in [0.25, 0.3) is 6.43 Å². The molecule has 0 bridgehead atoms. The summed E-state index contributed by atoms with van der Waals surface area (Å²) in [4.78, 5) is 23.8. The molecular formula is C14H16F2N2O3. The van der Waals surface area contributed by atoms with Gasteiger partial charge in [0.1, 0.15) is 6.61 Å². The SMILES string of the molecule is Cn1c(=O)n(C)c2cc(C(=O)CCOCC(F)F)ccc21. The minimum absolute atomic E-state index is 0.0268. The molecule has 7 heteroatoms. The van der Waals surface area contributed by atoms with Gasteiger partial charge in [0.2, 0.25) is 0 Å². The number of rotatable bonds is 6. The number of hydrogen-bond donors (Lipinski definition) is 0. The molecule has 0 aliphatic heterocycles. The van der Waals surface area contributed by atoms with Crippen LogP contribution in [0.25, 0.3) is 11.0 Å². The Labute approximate surface area is 119 Å². The van der Waals surface area contributed by atoms with Gasteiger partial charge in [-0.3, -0.25) is 13.9 Å². The summed E-state index contributed by atoms with van der Waals surface area (Å²) in [5.41, 5.74) is 1.65. The third-order valence-corrected chi connectivity index (χ3v) is 3.31. The second kappa shape index (κ2) is 6.17. The molecule has 0 amide bonds. The lowest BCUT2D eigenvalue weighted by Gasteiger charge is -2.04. The first kappa shape index (κ1) is 15.4. The molecule has 0 saturated heterocycles. The van der Waals surface area contributed by atoms with E-state index in [9.17, 15) is 18.4 Å². The first-order chi connectivity index (χ1) is 9.91. The summed E-state index contributed by atoms with van der Waals surface area (Å²) in [5, 5.41) is 0. The lowest BCUT2D eigenvalue weighted by molar-refractivity contribution is 0.0170. The van der Waals surface area contributed by atoms with Crippen molar-refractivity contribution in [2.24, 2.45) is 14.1 Å². The number of hydrogen-bond acceptors (Lipinski definition) is 3. The Bertz CT molecular complexity index is 719. The minimum Gasteiger partial charge on any atom is -0.375 e. The Kier molecular flexibility index (Phi) is 4.52. The zero-order valence-corrected chi connectivity index (χ0v) is 11.8. The van der Waals surface area contributed by atoms with E-state index in [-0.39, 0.29) is 24.5 Å². The fraction of sp³-hybridized carbons (Fsp3) is 0.429. The molecular weight excluding hydrogens is 282 g/mol. The molecule has 1 aromatic carbocycles. The van der Waals surface area contributed by atoms with Crippen LogP contribution >= 0.6 is 0 Å². The summed E-state index contributed by atoms with van der Waals surface area (Å²) in [6, 6.07) is 4.95. The predicted octanol–water partition coefficient (Wildman–Crippen LogP) is 1.73. The number of imidazole rings is 1. The lowest BCUT2D eigenvalue weighted by atomic mass is 10.1. The van der Waals surface area contributed by atoms with E-state index in [0.717, 1.165) is 5.52 Å². The normalized spacial score (nSPS) is 11.5. The topological polar surface area (TPSA) is 53.2 Å². The predicted molar refractivity (Wildman–Crippen MR) is 73.9 cm³/mol. The summed E-state index contributed by atoms with van der Waals surface area (Å²) < 4.78 is 31.4. The van der Waals surface area contributed by atoms with Gasteiger partial charge in [0.15, 0.2) is 5.78 Å². The standard InChI is InChI=1S/C14H16F2N2O3/c1-17-10-4-3-9(7-11(10)18(2)14(17)20)12(19)5-6-21-8-13(15)16/h3-4,7,13H,5-6,8H2,1-2H3. The zero-order chi connectivity index (χ0) is 15.6. The van der Waals surface area contributed by atoms with Crippen LogP contribution in [0.2, 0.25) is 0 Å². The van der Waals surface area contributed by atoms with E-state index in [2.05, 4.69) is 0 Å². The number of alkyl halides is 2. The third kappa shape index (κ3) is 3.18. The maximum atomic E-state index is 12.0. The summed E-state index contributed by atoms with van der Waals surface area (Å²) in [6.45, 7) is -0.714. The van der Waals surface area contributed by atoms with E-state index in [1.54, 1.807) is 32.3 Å². The van der Waals surface area contributed by atoms with E-state index in [1.807, 2.05) is 0 Å². The Balaban J connectivity index is 2.14.